The van der Waals surface area contributed by atoms with Crippen molar-refractivity contribution < 1.29 is 14.3 Å². The first kappa shape index (κ1) is 29.4. The maximum Gasteiger partial charge on any atom is 0.254 e. The molecular weight excluding hydrogens is 590 g/mol. The molecule has 3 fully saturated rings. The number of fused-ring (bicyclic) bond motifs is 2. The zero-order valence-corrected chi connectivity index (χ0v) is 26.8. The Hall–Kier alpha value is -4.99. The van der Waals surface area contributed by atoms with Gasteiger partial charge >= 0.3 is 0 Å². The fraction of sp³-hybridized carbons (Fsp3) is 0.378. The van der Waals surface area contributed by atoms with Crippen molar-refractivity contribution >= 4 is 34.2 Å². The number of hydrogen-bond donors (Lipinski definition) is 2. The van der Waals surface area contributed by atoms with Crippen molar-refractivity contribution in [2.45, 2.75) is 64.0 Å². The van der Waals surface area contributed by atoms with E-state index in [9.17, 15) is 9.59 Å². The molecule has 10 heteroatoms. The third-order valence-electron chi connectivity index (χ3n) is 9.69. The zero-order valence-electron chi connectivity index (χ0n) is 26.8. The highest BCUT2D eigenvalue weighted by Crippen LogP contribution is 2.47. The van der Waals surface area contributed by atoms with Gasteiger partial charge in [-0.05, 0) is 87.8 Å². The van der Waals surface area contributed by atoms with Gasteiger partial charge in [-0.15, -0.1) is 0 Å². The number of nitrogens with one attached hydrogen (secondary N) is 2. The number of imidazole rings is 1. The van der Waals surface area contributed by atoms with Gasteiger partial charge in [0, 0.05) is 47.3 Å². The van der Waals surface area contributed by atoms with Crippen LogP contribution in [0, 0.1) is 11.3 Å². The largest absolute Gasteiger partial charge is 0.482 e. The summed E-state index contributed by atoms with van der Waals surface area (Å²) >= 11 is 0. The molecule has 3 aliphatic rings. The van der Waals surface area contributed by atoms with Gasteiger partial charge in [0.05, 0.1) is 36.8 Å². The summed E-state index contributed by atoms with van der Waals surface area (Å²) in [5, 5.41) is 12.3. The van der Waals surface area contributed by atoms with Gasteiger partial charge in [-0.2, -0.15) is 0 Å². The molecule has 1 saturated heterocycles. The summed E-state index contributed by atoms with van der Waals surface area (Å²) in [5.74, 6) is 1.31. The average molecular weight is 630 g/mol. The number of hydrogen-bond acceptors (Lipinski definition) is 6. The predicted molar refractivity (Wildman–Crippen MR) is 180 cm³/mol. The Bertz CT molecular complexity index is 2040. The topological polar surface area (TPSA) is 118 Å². The minimum Gasteiger partial charge on any atom is -0.482 e. The van der Waals surface area contributed by atoms with Crippen molar-refractivity contribution in [1.29, 1.82) is 5.41 Å². The second kappa shape index (κ2) is 11.7. The Morgan fingerprint density at radius 2 is 1.83 bits per heavy atom. The smallest absolute Gasteiger partial charge is 0.254 e. The maximum atomic E-state index is 13.6. The minimum atomic E-state index is -0.277. The van der Waals surface area contributed by atoms with Crippen LogP contribution in [-0.4, -0.2) is 61.6 Å². The molecule has 2 amide bonds. The van der Waals surface area contributed by atoms with E-state index in [1.54, 1.807) is 12.0 Å². The second-order valence-corrected chi connectivity index (χ2v) is 13.3. The van der Waals surface area contributed by atoms with Crippen LogP contribution in [0.4, 0.5) is 0 Å². The number of ether oxygens (including phenoxy) is 1. The number of likely N-dealkylation sites (tertiary alicyclic amines) is 1. The zero-order chi connectivity index (χ0) is 32.2. The molecular formula is C37H39N7O3. The first-order valence-electron chi connectivity index (χ1n) is 16.7. The third-order valence-corrected chi connectivity index (χ3v) is 9.69. The number of amides is 2. The molecule has 5 heterocycles. The van der Waals surface area contributed by atoms with Crippen LogP contribution in [0.15, 0.2) is 60.7 Å². The lowest BCUT2D eigenvalue weighted by Gasteiger charge is -2.27. The van der Waals surface area contributed by atoms with E-state index in [-0.39, 0.29) is 17.9 Å². The highest BCUT2D eigenvalue weighted by molar-refractivity contribution is 5.99. The molecule has 0 unspecified atom stereocenters. The van der Waals surface area contributed by atoms with E-state index in [4.69, 9.17) is 20.1 Å². The number of benzene rings is 1. The van der Waals surface area contributed by atoms with Gasteiger partial charge < -0.3 is 24.9 Å². The maximum absolute atomic E-state index is 13.6. The molecule has 47 heavy (non-hydrogen) atoms. The standard InChI is InChI=1S/C37H39N7O3/c1-22(39-36(45)25-7-4-3-5-8-25)29-15-14-26-17-30(43(35(26)40-29)20-23-10-11-23)33-34(24-12-13-24)44-31(41-33)18-27(19-32(44)47-2)37(46)42-16-6-9-28(38)21-42/h3-5,7-8,14-15,17-19,22-24,38H,6,9-13,16,20-21H2,1-2H3,(H,39,45)/t22-/m1/s1. The van der Waals surface area contributed by atoms with E-state index >= 15 is 0 Å². The fourth-order valence-electron chi connectivity index (χ4n) is 6.85. The van der Waals surface area contributed by atoms with Crippen molar-refractivity contribution in [3.05, 3.63) is 83.2 Å². The Morgan fingerprint density at radius 1 is 1.02 bits per heavy atom. The molecule has 10 nitrogen and oxygen atoms in total. The summed E-state index contributed by atoms with van der Waals surface area (Å²) in [4.78, 5) is 38.6. The van der Waals surface area contributed by atoms with Gasteiger partial charge in [0.15, 0.2) is 5.88 Å². The molecule has 2 saturated carbocycles. The van der Waals surface area contributed by atoms with E-state index in [2.05, 4.69) is 26.4 Å². The summed E-state index contributed by atoms with van der Waals surface area (Å²) in [7, 11) is 1.64. The summed E-state index contributed by atoms with van der Waals surface area (Å²) in [6, 6.07) is 18.9. The summed E-state index contributed by atoms with van der Waals surface area (Å²) < 4.78 is 10.3. The number of carbonyl (C=O) groups is 2. The number of pyridine rings is 2. The third kappa shape index (κ3) is 5.55. The second-order valence-electron chi connectivity index (χ2n) is 13.3. The van der Waals surface area contributed by atoms with Crippen molar-refractivity contribution in [3.63, 3.8) is 0 Å². The van der Waals surface area contributed by atoms with Gasteiger partial charge in [-0.3, -0.25) is 14.0 Å². The normalized spacial score (nSPS) is 17.3. The van der Waals surface area contributed by atoms with Gasteiger partial charge in [-0.1, -0.05) is 18.2 Å². The van der Waals surface area contributed by atoms with E-state index in [1.807, 2.05) is 55.5 Å². The van der Waals surface area contributed by atoms with Gasteiger partial charge in [0.1, 0.15) is 17.0 Å². The highest BCUT2D eigenvalue weighted by atomic mass is 16.5. The van der Waals surface area contributed by atoms with E-state index in [0.29, 0.717) is 53.3 Å². The SMILES string of the molecule is COc1cc(C(=O)N2CCCC(=N)C2)cc2nc(-c3cc4ccc([C@@H](C)NC(=O)c5ccccc5)nc4n3CC3CC3)c(C3CC3)n12. The van der Waals surface area contributed by atoms with Crippen LogP contribution in [0.1, 0.15) is 89.5 Å². The molecule has 0 bridgehead atoms. The van der Waals surface area contributed by atoms with E-state index < -0.39 is 0 Å². The van der Waals surface area contributed by atoms with Crippen LogP contribution in [-0.2, 0) is 6.54 Å². The lowest BCUT2D eigenvalue weighted by Crippen LogP contribution is -2.39. The molecule has 8 rings (SSSR count). The number of nitrogens with zero attached hydrogens (tertiary/aromatic N) is 5. The highest BCUT2D eigenvalue weighted by Gasteiger charge is 2.35. The summed E-state index contributed by atoms with van der Waals surface area (Å²) in [5.41, 5.74) is 7.14. The lowest BCUT2D eigenvalue weighted by molar-refractivity contribution is 0.0768. The molecule has 2 aliphatic carbocycles. The Morgan fingerprint density at radius 3 is 2.55 bits per heavy atom. The number of piperidine rings is 1. The van der Waals surface area contributed by atoms with Crippen LogP contribution < -0.4 is 10.1 Å². The predicted octanol–water partition coefficient (Wildman–Crippen LogP) is 6.39. The molecule has 4 aromatic heterocycles. The quantitative estimate of drug-likeness (QED) is 0.196. The van der Waals surface area contributed by atoms with Crippen LogP contribution in [0.2, 0.25) is 0 Å². The van der Waals surface area contributed by atoms with Crippen LogP contribution in [0.5, 0.6) is 5.88 Å². The molecule has 240 valence electrons. The van der Waals surface area contributed by atoms with Crippen molar-refractivity contribution in [1.82, 2.24) is 29.2 Å². The Labute approximate surface area is 273 Å². The lowest BCUT2D eigenvalue weighted by atomic mass is 10.1. The Kier molecular flexibility index (Phi) is 7.30. The minimum absolute atomic E-state index is 0.0965. The Balaban J connectivity index is 1.21. The van der Waals surface area contributed by atoms with Crippen LogP contribution >= 0.6 is 0 Å². The molecule has 0 radical (unpaired) electrons. The van der Waals surface area contributed by atoms with Gasteiger partial charge in [0.25, 0.3) is 11.8 Å². The number of rotatable bonds is 9. The van der Waals surface area contributed by atoms with Crippen molar-refractivity contribution in [2.75, 3.05) is 20.2 Å². The molecule has 2 N–H and O–H groups in total. The molecule has 1 atom stereocenters. The molecule has 5 aromatic rings. The van der Waals surface area contributed by atoms with E-state index in [0.717, 1.165) is 66.0 Å². The fourth-order valence-corrected chi connectivity index (χ4v) is 6.85. The average Bonchev–Trinajstić information content (AvgIpc) is 4.03. The van der Waals surface area contributed by atoms with Crippen molar-refractivity contribution in [2.24, 2.45) is 5.92 Å². The van der Waals surface area contributed by atoms with Gasteiger partial charge in [0.2, 0.25) is 0 Å². The monoisotopic (exact) mass is 629 g/mol. The van der Waals surface area contributed by atoms with Gasteiger partial charge in [-0.25, -0.2) is 9.97 Å². The van der Waals surface area contributed by atoms with Crippen LogP contribution in [0.25, 0.3) is 28.1 Å². The first-order chi connectivity index (χ1) is 22.9. The van der Waals surface area contributed by atoms with Crippen LogP contribution in [0.3, 0.4) is 0 Å². The molecule has 1 aromatic carbocycles. The molecule has 1 aliphatic heterocycles. The number of methoxy groups -OCH3 is 1. The molecule has 0 spiro atoms. The first-order valence-corrected chi connectivity index (χ1v) is 16.7. The van der Waals surface area contributed by atoms with E-state index in [1.165, 1.54) is 12.8 Å². The number of carbonyl (C=O) groups excluding carboxylic acids is 2. The summed E-state index contributed by atoms with van der Waals surface area (Å²) in [6.07, 6.45) is 6.08. The van der Waals surface area contributed by atoms with Crippen molar-refractivity contribution in [3.8, 4) is 17.3 Å². The summed E-state index contributed by atoms with van der Waals surface area (Å²) in [6.45, 7) is 3.83. The number of aromatic nitrogens is 4.